The van der Waals surface area contributed by atoms with Crippen LogP contribution in [0.1, 0.15) is 181 Å². The van der Waals surface area contributed by atoms with Gasteiger partial charge in [0, 0.05) is 24.1 Å². The maximum atomic E-state index is 13.9. The lowest BCUT2D eigenvalue weighted by molar-refractivity contribution is -0.156. The SMILES string of the molecule is CCC=CCC=CCCCCCC(CCCCCCC)C(=O)COC(=O)C(C)(C)NC(=O)[C@H](CC(C)C)NC(=O)OCc1ccc(NC(=O)[C@H](CCCNC(N)=O)NC(=O)[C@@H](NC(=O)OCC2c3ccccc3-c3ccccc32)C(C)C)cc1. The maximum absolute atomic E-state index is 13.9. The number of urea groups is 1. The van der Waals surface area contributed by atoms with Crippen LogP contribution in [0, 0.1) is 17.8 Å². The number of esters is 1. The zero-order valence-electron chi connectivity index (χ0n) is 51.0. The number of nitrogens with two attached hydrogens (primary N) is 1. The number of benzene rings is 3. The third-order valence-electron chi connectivity index (χ3n) is 14.7. The first-order chi connectivity index (χ1) is 40.2. The van der Waals surface area contributed by atoms with Gasteiger partial charge in [0.15, 0.2) is 5.78 Å². The topological polar surface area (TPSA) is 262 Å². The zero-order chi connectivity index (χ0) is 61.4. The summed E-state index contributed by atoms with van der Waals surface area (Å²) in [6, 6.07) is 18.3. The normalized spacial score (nSPS) is 13.5. The zero-order valence-corrected chi connectivity index (χ0v) is 51.0. The summed E-state index contributed by atoms with van der Waals surface area (Å²) in [7, 11) is 0. The van der Waals surface area contributed by atoms with E-state index in [1.807, 2.05) is 62.4 Å². The van der Waals surface area contributed by atoms with Crippen LogP contribution in [0.3, 0.4) is 0 Å². The Morgan fingerprint density at radius 3 is 1.87 bits per heavy atom. The van der Waals surface area contributed by atoms with E-state index in [4.69, 9.17) is 19.9 Å². The summed E-state index contributed by atoms with van der Waals surface area (Å²) in [5.74, 6) is -3.55. The van der Waals surface area contributed by atoms with Crippen molar-refractivity contribution in [3.63, 3.8) is 0 Å². The number of alkyl carbamates (subject to hydrolysis) is 2. The van der Waals surface area contributed by atoms with Crippen LogP contribution in [0.5, 0.6) is 0 Å². The van der Waals surface area contributed by atoms with Crippen LogP contribution in [0.15, 0.2) is 97.1 Å². The number of nitrogens with one attached hydrogen (secondary N) is 6. The van der Waals surface area contributed by atoms with Gasteiger partial charge in [-0.05, 0) is 123 Å². The molecule has 0 bridgehead atoms. The number of rotatable bonds is 38. The van der Waals surface area contributed by atoms with Crippen molar-refractivity contribution >= 4 is 53.4 Å². The fraction of sp³-hybridized carbons (Fsp3) is 0.545. The van der Waals surface area contributed by atoms with Gasteiger partial charge in [-0.1, -0.05) is 171 Å². The van der Waals surface area contributed by atoms with Crippen molar-refractivity contribution in [2.45, 2.75) is 194 Å². The lowest BCUT2D eigenvalue weighted by Crippen LogP contribution is -2.57. The second-order valence-corrected chi connectivity index (χ2v) is 23.1. The Kier molecular flexibility index (Phi) is 30.3. The number of amides is 7. The summed E-state index contributed by atoms with van der Waals surface area (Å²) >= 11 is 0. The van der Waals surface area contributed by atoms with E-state index in [-0.39, 0.29) is 69.2 Å². The Bertz CT molecular complexity index is 2600. The van der Waals surface area contributed by atoms with Crippen molar-refractivity contribution < 1.29 is 52.6 Å². The first kappa shape index (κ1) is 69.0. The first-order valence-electron chi connectivity index (χ1n) is 30.3. The maximum Gasteiger partial charge on any atom is 0.408 e. The molecular formula is C66H95N7O11. The number of carbonyl (C=O) groups excluding carboxylic acids is 8. The number of ketones is 1. The number of ether oxygens (including phenoxy) is 3. The molecule has 3 aromatic rings. The van der Waals surface area contributed by atoms with E-state index < -0.39 is 71.5 Å². The molecule has 0 aromatic heterocycles. The van der Waals surface area contributed by atoms with Gasteiger partial charge in [-0.3, -0.25) is 19.2 Å². The van der Waals surface area contributed by atoms with Crippen LogP contribution in [0.2, 0.25) is 0 Å². The van der Waals surface area contributed by atoms with Crippen molar-refractivity contribution in [3.8, 4) is 11.1 Å². The minimum absolute atomic E-state index is 0.0397. The number of anilines is 1. The summed E-state index contributed by atoms with van der Waals surface area (Å²) < 4.78 is 16.8. The second-order valence-electron chi connectivity index (χ2n) is 23.1. The van der Waals surface area contributed by atoms with Crippen molar-refractivity contribution in [1.82, 2.24) is 26.6 Å². The van der Waals surface area contributed by atoms with Gasteiger partial charge >= 0.3 is 24.2 Å². The molecule has 3 aromatic carbocycles. The minimum Gasteiger partial charge on any atom is -0.456 e. The van der Waals surface area contributed by atoms with Crippen LogP contribution >= 0.6 is 0 Å². The van der Waals surface area contributed by atoms with Crippen LogP contribution in [-0.2, 0) is 44.8 Å². The Hall–Kier alpha value is -7.50. The van der Waals surface area contributed by atoms with Gasteiger partial charge in [0.1, 0.15) is 43.5 Å². The second kappa shape index (κ2) is 36.9. The van der Waals surface area contributed by atoms with E-state index in [0.29, 0.717) is 11.3 Å². The Morgan fingerprint density at radius 1 is 0.631 bits per heavy atom. The molecule has 0 aliphatic heterocycles. The molecule has 18 nitrogen and oxygen atoms in total. The van der Waals surface area contributed by atoms with Crippen LogP contribution < -0.4 is 37.6 Å². The average molecular weight is 1160 g/mol. The number of hydrogen-bond donors (Lipinski definition) is 7. The third-order valence-corrected chi connectivity index (χ3v) is 14.7. The highest BCUT2D eigenvalue weighted by molar-refractivity contribution is 5.98. The Balaban J connectivity index is 1.29. The lowest BCUT2D eigenvalue weighted by Gasteiger charge is -2.28. The quantitative estimate of drug-likeness (QED) is 0.0123. The fourth-order valence-electron chi connectivity index (χ4n) is 10.0. The number of Topliss-reactive ketones (excluding diaryl/α,β-unsaturated/α-hetero) is 1. The number of hydrogen-bond acceptors (Lipinski definition) is 11. The molecule has 0 radical (unpaired) electrons. The largest absolute Gasteiger partial charge is 0.456 e. The molecule has 0 spiro atoms. The van der Waals surface area contributed by atoms with Crippen LogP contribution in [0.25, 0.3) is 11.1 Å². The summed E-state index contributed by atoms with van der Waals surface area (Å²) in [5, 5.41) is 16.1. The summed E-state index contributed by atoms with van der Waals surface area (Å²) in [6.45, 7) is 14.1. The molecule has 1 aliphatic rings. The van der Waals surface area contributed by atoms with E-state index >= 15 is 0 Å². The van der Waals surface area contributed by atoms with E-state index in [0.717, 1.165) is 106 Å². The molecule has 4 rings (SSSR count). The number of carbonyl (C=O) groups is 8. The highest BCUT2D eigenvalue weighted by Crippen LogP contribution is 2.44. The number of primary amides is 1. The lowest BCUT2D eigenvalue weighted by atomic mass is 9.91. The average Bonchev–Trinajstić information content (AvgIpc) is 3.21. The van der Waals surface area contributed by atoms with Crippen LogP contribution in [-0.4, -0.2) is 91.1 Å². The molecule has 8 N–H and O–H groups in total. The third kappa shape index (κ3) is 24.4. The van der Waals surface area contributed by atoms with E-state index in [2.05, 4.69) is 70.1 Å². The molecule has 0 fully saturated rings. The molecule has 460 valence electrons. The highest BCUT2D eigenvalue weighted by atomic mass is 16.6. The molecule has 1 unspecified atom stereocenters. The number of allylic oxidation sites excluding steroid dienone is 4. The summed E-state index contributed by atoms with van der Waals surface area (Å²) in [5.41, 5.74) is 8.86. The standard InChI is InChI=1S/C66H95N7O11/c1-9-11-13-15-16-17-18-19-21-23-30-48(29-22-20-14-12-10-2)57(74)44-82-62(78)66(7,8)73-60(76)56(41-45(3)4)71-64(80)83-42-47-36-38-49(39-37-47)69-59(75)55(35-28-40-68-63(67)79)70-61(77)58(46(5)6)72-65(81)84-43-54-52-33-26-24-31-50(52)51-32-25-27-34-53(51)54/h11,13,16-17,24-27,31-34,36-39,45-46,48,54-56,58H,9-10,12,14-15,18-23,28-30,35,40-44H2,1-8H3,(H,69,75)(H,70,77)(H,71,80)(H,72,81)(H,73,76)(H3,67,68,79)/t48?,55-,56-,58-/m0/s1. The Morgan fingerprint density at radius 2 is 1.25 bits per heavy atom. The van der Waals surface area contributed by atoms with E-state index in [9.17, 15) is 38.4 Å². The van der Waals surface area contributed by atoms with Gasteiger partial charge in [0.2, 0.25) is 17.7 Å². The predicted octanol–water partition coefficient (Wildman–Crippen LogP) is 11.6. The smallest absolute Gasteiger partial charge is 0.408 e. The van der Waals surface area contributed by atoms with Crippen molar-refractivity contribution in [2.75, 3.05) is 25.1 Å². The molecule has 84 heavy (non-hydrogen) atoms. The molecule has 1 aliphatic carbocycles. The van der Waals surface area contributed by atoms with Crippen LogP contribution in [0.4, 0.5) is 20.1 Å². The monoisotopic (exact) mass is 1160 g/mol. The van der Waals surface area contributed by atoms with Crippen molar-refractivity contribution in [3.05, 3.63) is 114 Å². The minimum atomic E-state index is -1.53. The number of unbranched alkanes of at least 4 members (excludes halogenated alkanes) is 7. The van der Waals surface area contributed by atoms with E-state index in [1.165, 1.54) is 13.8 Å². The predicted molar refractivity (Wildman–Crippen MR) is 329 cm³/mol. The molecule has 7 amide bonds. The van der Waals surface area contributed by atoms with Gasteiger partial charge in [-0.2, -0.15) is 0 Å². The van der Waals surface area contributed by atoms with Gasteiger partial charge < -0.3 is 51.8 Å². The van der Waals surface area contributed by atoms with Gasteiger partial charge in [0.05, 0.1) is 0 Å². The Labute approximate surface area is 498 Å². The molecular weight excluding hydrogens is 1070 g/mol. The molecule has 18 heteroatoms. The molecule has 4 atom stereocenters. The van der Waals surface area contributed by atoms with Gasteiger partial charge in [0.25, 0.3) is 0 Å². The van der Waals surface area contributed by atoms with Gasteiger partial charge in [-0.15, -0.1) is 0 Å². The van der Waals surface area contributed by atoms with Gasteiger partial charge in [-0.25, -0.2) is 19.2 Å². The summed E-state index contributed by atoms with van der Waals surface area (Å²) in [4.78, 5) is 106. The first-order valence-corrected chi connectivity index (χ1v) is 30.3. The highest BCUT2D eigenvalue weighted by Gasteiger charge is 2.36. The van der Waals surface area contributed by atoms with E-state index in [1.54, 1.807) is 38.1 Å². The summed E-state index contributed by atoms with van der Waals surface area (Å²) in [6.07, 6.45) is 20.4. The fourth-order valence-corrected chi connectivity index (χ4v) is 10.0. The van der Waals surface area contributed by atoms with Crippen molar-refractivity contribution in [2.24, 2.45) is 23.5 Å². The molecule has 0 saturated carbocycles. The molecule has 0 heterocycles. The number of fused-ring (bicyclic) bond motifs is 3. The van der Waals surface area contributed by atoms with Crippen molar-refractivity contribution in [1.29, 1.82) is 0 Å². The molecule has 0 saturated heterocycles.